The second-order valence-corrected chi connectivity index (χ2v) is 5.53. The molecule has 0 saturated carbocycles. The summed E-state index contributed by atoms with van der Waals surface area (Å²) in [7, 11) is 0. The van der Waals surface area contributed by atoms with E-state index in [4.69, 9.17) is 4.74 Å². The first-order valence-electron chi connectivity index (χ1n) is 6.98. The minimum atomic E-state index is 0.200. The molecule has 0 radical (unpaired) electrons. The van der Waals surface area contributed by atoms with Crippen molar-refractivity contribution in [3.63, 3.8) is 0 Å². The lowest BCUT2D eigenvalue weighted by molar-refractivity contribution is 0.147. The predicted molar refractivity (Wildman–Crippen MR) is 82.5 cm³/mol. The standard InChI is InChI=1S/C14H22N4OS/c1-4-19-9-5-6-15-14-16-7-8-18(14)12(3)13-17-11(2)10-20-13/h7-8,10,12H,4-6,9H2,1-3H3,(H,15,16). The number of aromatic nitrogens is 3. The van der Waals surface area contributed by atoms with E-state index in [1.807, 2.05) is 26.2 Å². The molecule has 2 rings (SSSR count). The van der Waals surface area contributed by atoms with Crippen molar-refractivity contribution >= 4 is 17.3 Å². The fourth-order valence-corrected chi connectivity index (χ4v) is 2.82. The zero-order chi connectivity index (χ0) is 14.4. The molecule has 5 nitrogen and oxygen atoms in total. The smallest absolute Gasteiger partial charge is 0.203 e. The van der Waals surface area contributed by atoms with Gasteiger partial charge < -0.3 is 14.6 Å². The molecule has 110 valence electrons. The van der Waals surface area contributed by atoms with Crippen LogP contribution in [-0.2, 0) is 4.74 Å². The van der Waals surface area contributed by atoms with Crippen LogP contribution in [-0.4, -0.2) is 34.3 Å². The van der Waals surface area contributed by atoms with Crippen LogP contribution in [0, 0.1) is 6.92 Å². The molecule has 2 aromatic rings. The van der Waals surface area contributed by atoms with Gasteiger partial charge in [-0.3, -0.25) is 0 Å². The summed E-state index contributed by atoms with van der Waals surface area (Å²) < 4.78 is 7.45. The maximum atomic E-state index is 5.33. The van der Waals surface area contributed by atoms with Crippen molar-refractivity contribution in [1.82, 2.24) is 14.5 Å². The molecule has 0 bridgehead atoms. The first kappa shape index (κ1) is 15.0. The normalized spacial score (nSPS) is 12.6. The molecule has 1 unspecified atom stereocenters. The fourth-order valence-electron chi connectivity index (χ4n) is 1.96. The summed E-state index contributed by atoms with van der Waals surface area (Å²) in [6.07, 6.45) is 4.79. The maximum absolute atomic E-state index is 5.33. The third kappa shape index (κ3) is 3.80. The number of ether oxygens (including phenoxy) is 1. The van der Waals surface area contributed by atoms with Crippen LogP contribution < -0.4 is 5.32 Å². The maximum Gasteiger partial charge on any atom is 0.203 e. The molecular weight excluding hydrogens is 272 g/mol. The van der Waals surface area contributed by atoms with Crippen LogP contribution in [0.1, 0.15) is 37.0 Å². The van der Waals surface area contributed by atoms with Gasteiger partial charge in [-0.15, -0.1) is 11.3 Å². The minimum absolute atomic E-state index is 0.200. The zero-order valence-corrected chi connectivity index (χ0v) is 13.1. The molecule has 1 N–H and O–H groups in total. The van der Waals surface area contributed by atoms with E-state index in [-0.39, 0.29) is 6.04 Å². The van der Waals surface area contributed by atoms with Gasteiger partial charge in [0.25, 0.3) is 0 Å². The number of thiazole rings is 1. The molecule has 2 heterocycles. The van der Waals surface area contributed by atoms with E-state index in [0.717, 1.165) is 42.8 Å². The summed E-state index contributed by atoms with van der Waals surface area (Å²) in [6.45, 7) is 8.60. The molecule has 0 amide bonds. The highest BCUT2D eigenvalue weighted by molar-refractivity contribution is 7.09. The van der Waals surface area contributed by atoms with E-state index < -0.39 is 0 Å². The highest BCUT2D eigenvalue weighted by atomic mass is 32.1. The van der Waals surface area contributed by atoms with Gasteiger partial charge in [0, 0.05) is 43.2 Å². The van der Waals surface area contributed by atoms with E-state index in [2.05, 4.69) is 32.2 Å². The topological polar surface area (TPSA) is 52.0 Å². The summed E-state index contributed by atoms with van der Waals surface area (Å²) in [6, 6.07) is 0.200. The summed E-state index contributed by atoms with van der Waals surface area (Å²) >= 11 is 1.69. The fraction of sp³-hybridized carbons (Fsp3) is 0.571. The molecule has 0 saturated heterocycles. The van der Waals surface area contributed by atoms with Gasteiger partial charge in [0.05, 0.1) is 6.04 Å². The average Bonchev–Trinajstić information content (AvgIpc) is 3.07. The predicted octanol–water partition coefficient (Wildman–Crippen LogP) is 3.10. The zero-order valence-electron chi connectivity index (χ0n) is 12.3. The van der Waals surface area contributed by atoms with E-state index in [9.17, 15) is 0 Å². The van der Waals surface area contributed by atoms with Crippen LogP contribution in [0.2, 0.25) is 0 Å². The monoisotopic (exact) mass is 294 g/mol. The summed E-state index contributed by atoms with van der Waals surface area (Å²) in [5.74, 6) is 0.891. The number of hydrogen-bond donors (Lipinski definition) is 1. The first-order chi connectivity index (χ1) is 9.72. The largest absolute Gasteiger partial charge is 0.382 e. The Morgan fingerprint density at radius 1 is 1.50 bits per heavy atom. The molecule has 6 heteroatoms. The number of hydrogen-bond acceptors (Lipinski definition) is 5. The van der Waals surface area contributed by atoms with Gasteiger partial charge >= 0.3 is 0 Å². The Labute approximate surface area is 124 Å². The number of imidazole rings is 1. The van der Waals surface area contributed by atoms with E-state index in [0.29, 0.717) is 0 Å². The van der Waals surface area contributed by atoms with Gasteiger partial charge in [0.15, 0.2) is 0 Å². The van der Waals surface area contributed by atoms with E-state index in [1.165, 1.54) is 0 Å². The molecule has 0 aliphatic heterocycles. The number of aryl methyl sites for hydroxylation is 1. The second kappa shape index (κ2) is 7.40. The Morgan fingerprint density at radius 3 is 3.05 bits per heavy atom. The third-order valence-corrected chi connectivity index (χ3v) is 4.17. The molecule has 2 aromatic heterocycles. The van der Waals surface area contributed by atoms with Crippen molar-refractivity contribution < 1.29 is 4.74 Å². The molecule has 0 aromatic carbocycles. The highest BCUT2D eigenvalue weighted by Crippen LogP contribution is 2.24. The van der Waals surface area contributed by atoms with E-state index >= 15 is 0 Å². The van der Waals surface area contributed by atoms with Gasteiger partial charge in [-0.2, -0.15) is 0 Å². The molecule has 0 spiro atoms. The quantitative estimate of drug-likeness (QED) is 0.760. The molecular formula is C14H22N4OS. The van der Waals surface area contributed by atoms with Crippen molar-refractivity contribution in [2.45, 2.75) is 33.2 Å². The lowest BCUT2D eigenvalue weighted by Gasteiger charge is -2.15. The third-order valence-electron chi connectivity index (χ3n) is 3.03. The number of nitrogens with zero attached hydrogens (tertiary/aromatic N) is 3. The lowest BCUT2D eigenvalue weighted by Crippen LogP contribution is -2.13. The Kier molecular flexibility index (Phi) is 5.55. The van der Waals surface area contributed by atoms with Gasteiger partial charge in [0.1, 0.15) is 5.01 Å². The summed E-state index contributed by atoms with van der Waals surface area (Å²) in [5, 5.41) is 6.55. The first-order valence-corrected chi connectivity index (χ1v) is 7.86. The van der Waals surface area contributed by atoms with Crippen LogP contribution >= 0.6 is 11.3 Å². The van der Waals surface area contributed by atoms with Crippen molar-refractivity contribution in [3.8, 4) is 0 Å². The van der Waals surface area contributed by atoms with Crippen LogP contribution in [0.3, 0.4) is 0 Å². The van der Waals surface area contributed by atoms with Crippen molar-refractivity contribution in [2.24, 2.45) is 0 Å². The lowest BCUT2D eigenvalue weighted by atomic mass is 10.3. The Bertz CT molecular complexity index is 523. The number of anilines is 1. The SMILES string of the molecule is CCOCCCNc1nccn1C(C)c1nc(C)cs1. The summed E-state index contributed by atoms with van der Waals surface area (Å²) in [5.41, 5.74) is 1.07. The van der Waals surface area contributed by atoms with Gasteiger partial charge in [0.2, 0.25) is 5.95 Å². The van der Waals surface area contributed by atoms with Gasteiger partial charge in [-0.25, -0.2) is 9.97 Å². The van der Waals surface area contributed by atoms with Crippen LogP contribution in [0.4, 0.5) is 5.95 Å². The van der Waals surface area contributed by atoms with Crippen molar-refractivity contribution in [3.05, 3.63) is 28.5 Å². The molecule has 0 aliphatic rings. The molecule has 0 aliphatic carbocycles. The average molecular weight is 294 g/mol. The minimum Gasteiger partial charge on any atom is -0.382 e. The Hall–Kier alpha value is -1.40. The van der Waals surface area contributed by atoms with Gasteiger partial charge in [-0.1, -0.05) is 0 Å². The van der Waals surface area contributed by atoms with Crippen LogP contribution in [0.5, 0.6) is 0 Å². The molecule has 1 atom stereocenters. The summed E-state index contributed by atoms with van der Waals surface area (Å²) in [4.78, 5) is 8.93. The van der Waals surface area contributed by atoms with Crippen molar-refractivity contribution in [1.29, 1.82) is 0 Å². The molecule has 20 heavy (non-hydrogen) atoms. The van der Waals surface area contributed by atoms with Gasteiger partial charge in [-0.05, 0) is 27.2 Å². The molecule has 0 fully saturated rings. The Morgan fingerprint density at radius 2 is 2.35 bits per heavy atom. The van der Waals surface area contributed by atoms with Crippen LogP contribution in [0.25, 0.3) is 0 Å². The van der Waals surface area contributed by atoms with E-state index in [1.54, 1.807) is 11.3 Å². The highest BCUT2D eigenvalue weighted by Gasteiger charge is 2.14. The second-order valence-electron chi connectivity index (χ2n) is 4.64. The number of rotatable bonds is 8. The number of nitrogens with one attached hydrogen (secondary N) is 1. The van der Waals surface area contributed by atoms with Crippen LogP contribution in [0.15, 0.2) is 17.8 Å². The van der Waals surface area contributed by atoms with Crippen molar-refractivity contribution in [2.75, 3.05) is 25.1 Å². The Balaban J connectivity index is 1.94.